The van der Waals surface area contributed by atoms with Crippen LogP contribution in [0, 0.1) is 0 Å². The molecule has 104 valence electrons. The van der Waals surface area contributed by atoms with E-state index in [4.69, 9.17) is 0 Å². The Balaban J connectivity index is 0.000000364. The molecule has 0 aromatic heterocycles. The molecule has 0 bridgehead atoms. The summed E-state index contributed by atoms with van der Waals surface area (Å²) < 4.78 is 0. The van der Waals surface area contributed by atoms with E-state index >= 15 is 0 Å². The van der Waals surface area contributed by atoms with Crippen LogP contribution in [0.15, 0.2) is 73.8 Å². The molecule has 0 spiro atoms. The van der Waals surface area contributed by atoms with E-state index in [9.17, 15) is 10.2 Å². The Bertz CT molecular complexity index is 513. The molecule has 0 heterocycles. The molecule has 3 heteroatoms. The maximum Gasteiger partial charge on any atom is 2.00 e. The normalized spacial score (nSPS) is 8.76. The van der Waals surface area contributed by atoms with Gasteiger partial charge >= 0.3 is 37.7 Å². The molecule has 0 saturated heterocycles. The van der Waals surface area contributed by atoms with E-state index < -0.39 is 0 Å². The molecule has 0 unspecified atom stereocenters. The van der Waals surface area contributed by atoms with Gasteiger partial charge in [-0.3, -0.25) is 0 Å². The number of para-hydroxylation sites is 2. The molecular formula is C18H18CaO2. The largest absolute Gasteiger partial charge is 2.00 e. The van der Waals surface area contributed by atoms with Gasteiger partial charge in [-0.1, -0.05) is 71.8 Å². The van der Waals surface area contributed by atoms with E-state index in [1.54, 1.807) is 36.4 Å². The second-order valence-electron chi connectivity index (χ2n) is 4.20. The van der Waals surface area contributed by atoms with Crippen LogP contribution in [0.5, 0.6) is 11.5 Å². The zero-order valence-corrected chi connectivity index (χ0v) is 14.3. The molecule has 0 saturated carbocycles. The Kier molecular flexibility index (Phi) is 10.8. The zero-order valence-electron chi connectivity index (χ0n) is 12.1. The molecule has 2 nitrogen and oxygen atoms in total. The van der Waals surface area contributed by atoms with Crippen LogP contribution in [0.1, 0.15) is 11.1 Å². The summed E-state index contributed by atoms with van der Waals surface area (Å²) in [7, 11) is 0. The SMILES string of the molecule is C=CCc1ccccc1[O-].C=CCc1ccccc1[O-].[Ca+2]. The minimum absolute atomic E-state index is 0. The second kappa shape index (κ2) is 11.4. The van der Waals surface area contributed by atoms with E-state index in [-0.39, 0.29) is 49.2 Å². The molecule has 0 aliphatic carbocycles. The summed E-state index contributed by atoms with van der Waals surface area (Å²) in [5, 5.41) is 21.9. The molecule has 0 radical (unpaired) electrons. The Labute approximate surface area is 156 Å². The molecule has 0 fully saturated rings. The van der Waals surface area contributed by atoms with Gasteiger partial charge in [-0.15, -0.1) is 24.7 Å². The summed E-state index contributed by atoms with van der Waals surface area (Å²) in [4.78, 5) is 0. The van der Waals surface area contributed by atoms with Gasteiger partial charge in [0.05, 0.1) is 0 Å². The van der Waals surface area contributed by atoms with E-state index in [1.807, 2.05) is 24.3 Å². The van der Waals surface area contributed by atoms with Crippen molar-refractivity contribution in [2.24, 2.45) is 0 Å². The van der Waals surface area contributed by atoms with Crippen LogP contribution in [-0.2, 0) is 12.8 Å². The minimum Gasteiger partial charge on any atom is -0.872 e. The van der Waals surface area contributed by atoms with Gasteiger partial charge in [0.2, 0.25) is 0 Å². The molecule has 2 aromatic rings. The zero-order chi connectivity index (χ0) is 14.8. The molecule has 0 atom stereocenters. The summed E-state index contributed by atoms with van der Waals surface area (Å²) in [6, 6.07) is 14.0. The van der Waals surface area contributed by atoms with Crippen LogP contribution >= 0.6 is 0 Å². The van der Waals surface area contributed by atoms with Gasteiger partial charge < -0.3 is 10.2 Å². The predicted octanol–water partition coefficient (Wildman–Crippen LogP) is 2.60. The molecule has 2 rings (SSSR count). The van der Waals surface area contributed by atoms with Crippen molar-refractivity contribution < 1.29 is 10.2 Å². The Morgan fingerprint density at radius 3 is 1.33 bits per heavy atom. The first-order valence-corrected chi connectivity index (χ1v) is 6.40. The van der Waals surface area contributed by atoms with Crippen molar-refractivity contribution >= 4 is 37.7 Å². The topological polar surface area (TPSA) is 46.1 Å². The molecule has 0 aliphatic rings. The van der Waals surface area contributed by atoms with Gasteiger partial charge in [-0.2, -0.15) is 0 Å². The standard InChI is InChI=1S/2C9H10O.Ca/c2*1-2-5-8-6-3-4-7-9(8)10;/h2*2-4,6-7,10H,1,5H2;/q;;+2/p-2. The number of hydrogen-bond donors (Lipinski definition) is 0. The average Bonchev–Trinajstić information content (AvgIpc) is 2.45. The number of hydrogen-bond acceptors (Lipinski definition) is 2. The van der Waals surface area contributed by atoms with Crippen LogP contribution < -0.4 is 10.2 Å². The molecule has 21 heavy (non-hydrogen) atoms. The van der Waals surface area contributed by atoms with Crippen molar-refractivity contribution in [2.45, 2.75) is 12.8 Å². The van der Waals surface area contributed by atoms with Gasteiger partial charge in [0.1, 0.15) is 0 Å². The number of allylic oxidation sites excluding steroid dienone is 2. The van der Waals surface area contributed by atoms with Crippen molar-refractivity contribution in [3.05, 3.63) is 85.0 Å². The summed E-state index contributed by atoms with van der Waals surface area (Å²) in [6.45, 7) is 7.12. The molecule has 0 amide bonds. The fourth-order valence-corrected chi connectivity index (χ4v) is 1.66. The van der Waals surface area contributed by atoms with Crippen LogP contribution in [-0.4, -0.2) is 37.7 Å². The Morgan fingerprint density at radius 1 is 0.714 bits per heavy atom. The van der Waals surface area contributed by atoms with Gasteiger partial charge in [0.15, 0.2) is 0 Å². The monoisotopic (exact) mass is 306 g/mol. The van der Waals surface area contributed by atoms with E-state index in [0.29, 0.717) is 12.8 Å². The first kappa shape index (κ1) is 19.8. The first-order chi connectivity index (χ1) is 9.69. The van der Waals surface area contributed by atoms with Crippen LogP contribution in [0.4, 0.5) is 0 Å². The summed E-state index contributed by atoms with van der Waals surface area (Å²) in [5.74, 6) is 0.199. The van der Waals surface area contributed by atoms with E-state index in [2.05, 4.69) is 13.2 Å². The smallest absolute Gasteiger partial charge is 0.872 e. The number of rotatable bonds is 4. The van der Waals surface area contributed by atoms with Gasteiger partial charge in [-0.05, 0) is 12.8 Å². The van der Waals surface area contributed by atoms with Crippen molar-refractivity contribution in [3.8, 4) is 11.5 Å². The average molecular weight is 306 g/mol. The van der Waals surface area contributed by atoms with E-state index in [1.165, 1.54) is 0 Å². The third-order valence-corrected chi connectivity index (χ3v) is 2.67. The summed E-state index contributed by atoms with van der Waals surface area (Å²) in [5.41, 5.74) is 1.63. The maximum absolute atomic E-state index is 11.0. The van der Waals surface area contributed by atoms with Crippen molar-refractivity contribution in [3.63, 3.8) is 0 Å². The number of benzene rings is 2. The predicted molar refractivity (Wildman–Crippen MR) is 85.3 cm³/mol. The third-order valence-electron chi connectivity index (χ3n) is 2.67. The fraction of sp³-hybridized carbons (Fsp3) is 0.111. The van der Waals surface area contributed by atoms with Gasteiger partial charge in [0, 0.05) is 0 Å². The fourth-order valence-electron chi connectivity index (χ4n) is 1.66. The van der Waals surface area contributed by atoms with Crippen LogP contribution in [0.25, 0.3) is 0 Å². The van der Waals surface area contributed by atoms with Crippen molar-refractivity contribution in [1.29, 1.82) is 0 Å². The Hall–Kier alpha value is -1.22. The quantitative estimate of drug-likeness (QED) is 0.644. The van der Waals surface area contributed by atoms with E-state index in [0.717, 1.165) is 11.1 Å². The maximum atomic E-state index is 11.0. The minimum atomic E-state index is 0. The molecule has 0 N–H and O–H groups in total. The summed E-state index contributed by atoms with van der Waals surface area (Å²) >= 11 is 0. The van der Waals surface area contributed by atoms with Crippen molar-refractivity contribution in [1.82, 2.24) is 0 Å². The van der Waals surface area contributed by atoms with Crippen molar-refractivity contribution in [2.75, 3.05) is 0 Å². The molecule has 0 aliphatic heterocycles. The van der Waals surface area contributed by atoms with Gasteiger partial charge in [-0.25, -0.2) is 0 Å². The Morgan fingerprint density at radius 2 is 1.05 bits per heavy atom. The second-order valence-corrected chi connectivity index (χ2v) is 4.20. The van der Waals surface area contributed by atoms with Crippen LogP contribution in [0.3, 0.4) is 0 Å². The molecule has 2 aromatic carbocycles. The molecular weight excluding hydrogens is 288 g/mol. The third kappa shape index (κ3) is 7.37. The summed E-state index contributed by atoms with van der Waals surface area (Å²) in [6.07, 6.45) is 4.80. The van der Waals surface area contributed by atoms with Crippen LogP contribution in [0.2, 0.25) is 0 Å². The van der Waals surface area contributed by atoms with Gasteiger partial charge in [0.25, 0.3) is 0 Å². The first-order valence-electron chi connectivity index (χ1n) is 6.40.